The van der Waals surface area contributed by atoms with Gasteiger partial charge in [0.05, 0.1) is 55.1 Å². The Morgan fingerprint density at radius 3 is 2.17 bits per heavy atom. The van der Waals surface area contributed by atoms with Gasteiger partial charge in [-0.1, -0.05) is 24.8 Å². The molecule has 0 radical (unpaired) electrons. The summed E-state index contributed by atoms with van der Waals surface area (Å²) in [5, 5.41) is 9.68. The van der Waals surface area contributed by atoms with Crippen LogP contribution in [-0.2, 0) is 45.2 Å². The van der Waals surface area contributed by atoms with Crippen LogP contribution in [0.5, 0.6) is 0 Å². The Kier molecular flexibility index (Phi) is 9.83. The number of methoxy groups -OCH3 is 3. The molecule has 0 spiro atoms. The van der Waals surface area contributed by atoms with Crippen LogP contribution in [0.15, 0.2) is 48.6 Å². The predicted octanol–water partition coefficient (Wildman–Crippen LogP) is 6.72. The number of ether oxygens (including phenoxy) is 3. The van der Waals surface area contributed by atoms with Crippen LogP contribution in [-0.4, -0.2) is 70.2 Å². The van der Waals surface area contributed by atoms with Crippen LogP contribution in [0, 0.1) is 19.8 Å². The molecule has 12 nitrogen and oxygen atoms in total. The number of esters is 3. The lowest BCUT2D eigenvalue weighted by Crippen LogP contribution is -2.42. The molecule has 6 rings (SSSR count). The fourth-order valence-electron chi connectivity index (χ4n) is 7.68. The fraction of sp³-hybridized carbons (Fsp3) is 0.317. The third kappa shape index (κ3) is 6.28. The Balaban J connectivity index is 1.77. The molecule has 2 atom stereocenters. The number of aliphatic carboxylic acids is 1. The molecule has 3 aliphatic rings. The second-order valence-electron chi connectivity index (χ2n) is 13.5. The van der Waals surface area contributed by atoms with Gasteiger partial charge in [-0.3, -0.25) is 19.4 Å². The third-order valence-corrected chi connectivity index (χ3v) is 10.7. The first-order valence-electron chi connectivity index (χ1n) is 17.2. The van der Waals surface area contributed by atoms with E-state index in [-0.39, 0.29) is 30.8 Å². The minimum absolute atomic E-state index is 0.116. The van der Waals surface area contributed by atoms with Crippen LogP contribution >= 0.6 is 0 Å². The average Bonchev–Trinajstić information content (AvgIpc) is 3.79. The van der Waals surface area contributed by atoms with Crippen molar-refractivity contribution in [1.29, 1.82) is 0 Å². The number of H-pyrrole nitrogens is 2. The number of fused-ring (bicyclic) bond motifs is 11. The number of carbonyl (C=O) groups excluding carboxylic acids is 3. The van der Waals surface area contributed by atoms with E-state index in [0.29, 0.717) is 45.8 Å². The van der Waals surface area contributed by atoms with E-state index in [9.17, 15) is 24.3 Å². The lowest BCUT2D eigenvalue weighted by molar-refractivity contribution is -0.149. The first-order valence-corrected chi connectivity index (χ1v) is 17.2. The summed E-state index contributed by atoms with van der Waals surface area (Å²) in [4.78, 5) is 68.1. The minimum Gasteiger partial charge on any atom is -0.481 e. The number of aromatic amines is 2. The lowest BCUT2D eigenvalue weighted by atomic mass is 9.64. The Labute approximate surface area is 306 Å². The predicted molar refractivity (Wildman–Crippen MR) is 201 cm³/mol. The number of nitrogens with zero attached hydrogens (tertiary/aromatic N) is 2. The van der Waals surface area contributed by atoms with Crippen molar-refractivity contribution in [2.75, 3.05) is 21.3 Å². The number of carboxylic acid groups (broad SMARTS) is 1. The molecule has 1 aliphatic carbocycles. The van der Waals surface area contributed by atoms with Crippen LogP contribution < -0.4 is 0 Å². The summed E-state index contributed by atoms with van der Waals surface area (Å²) >= 11 is 0. The summed E-state index contributed by atoms with van der Waals surface area (Å²) in [6.07, 6.45) is 5.78. The number of carboxylic acids is 1. The second-order valence-corrected chi connectivity index (χ2v) is 13.5. The Morgan fingerprint density at radius 2 is 1.51 bits per heavy atom. The maximum Gasteiger partial charge on any atom is 0.334 e. The molecule has 3 aromatic rings. The molecule has 0 aromatic carbocycles. The zero-order valence-corrected chi connectivity index (χ0v) is 30.9. The van der Waals surface area contributed by atoms with Gasteiger partial charge in [-0.15, -0.1) is 0 Å². The van der Waals surface area contributed by atoms with E-state index in [1.54, 1.807) is 18.2 Å². The first-order chi connectivity index (χ1) is 25.3. The molecule has 12 heteroatoms. The molecule has 0 amide bonds. The van der Waals surface area contributed by atoms with Crippen molar-refractivity contribution in [2.45, 2.75) is 58.8 Å². The smallest absolute Gasteiger partial charge is 0.334 e. The Hall–Kier alpha value is -6.04. The van der Waals surface area contributed by atoms with Crippen LogP contribution in [0.2, 0.25) is 0 Å². The van der Waals surface area contributed by atoms with E-state index in [0.717, 1.165) is 44.4 Å². The number of nitrogens with one attached hydrogen (secondary N) is 2. The van der Waals surface area contributed by atoms with Crippen molar-refractivity contribution in [3.63, 3.8) is 0 Å². The molecule has 3 N–H and O–H groups in total. The summed E-state index contributed by atoms with van der Waals surface area (Å²) in [7, 11) is 3.89. The van der Waals surface area contributed by atoms with Crippen LogP contribution in [0.1, 0.15) is 78.1 Å². The van der Waals surface area contributed by atoms with Crippen molar-refractivity contribution < 1.29 is 38.5 Å². The molecule has 0 fully saturated rings. The average molecular weight is 719 g/mol. The maximum atomic E-state index is 13.7. The number of hydrogen-bond acceptors (Lipinski definition) is 9. The highest BCUT2D eigenvalue weighted by atomic mass is 16.5. The number of allylic oxidation sites excluding steroid dienone is 5. The molecule has 0 saturated heterocycles. The van der Waals surface area contributed by atoms with Gasteiger partial charge in [0.25, 0.3) is 0 Å². The van der Waals surface area contributed by atoms with Gasteiger partial charge in [0.15, 0.2) is 0 Å². The molecule has 3 aromatic heterocycles. The molecular weight excluding hydrogens is 676 g/mol. The van der Waals surface area contributed by atoms with E-state index < -0.39 is 29.2 Å². The van der Waals surface area contributed by atoms with Gasteiger partial charge in [-0.05, 0) is 98.2 Å². The molecule has 53 heavy (non-hydrogen) atoms. The van der Waals surface area contributed by atoms with Gasteiger partial charge in [-0.25, -0.2) is 9.78 Å². The summed E-state index contributed by atoms with van der Waals surface area (Å²) in [6, 6.07) is 7.59. The Morgan fingerprint density at radius 1 is 0.830 bits per heavy atom. The highest BCUT2D eigenvalue weighted by Gasteiger charge is 2.53. The molecular formula is C41H42N4O8. The maximum absolute atomic E-state index is 13.7. The number of hydrogen-bond donors (Lipinski definition) is 3. The van der Waals surface area contributed by atoms with E-state index in [4.69, 9.17) is 24.2 Å². The second kappa shape index (κ2) is 14.2. The van der Waals surface area contributed by atoms with Gasteiger partial charge in [0.1, 0.15) is 5.92 Å². The zero-order valence-electron chi connectivity index (χ0n) is 30.9. The number of aromatic nitrogens is 4. The standard InChI is InChI=1S/C41H42N4O8/c1-9-23-20(2)29-17-34-27-13-10-26(39(49)52-7)38(40(50)53-8)41(27,5)35(45-34)19-30-22(4)24(11-14-36(46)47)32(44-30)18-33-25(12-15-37(48)51-6)21(3)28(43-33)16-31(23)42-29/h9-10,13,16-19,38,42,44H,1,11-12,14-15H2,2-8H3,(H,46,47)/t38-,41+/m0/s1. The van der Waals surface area contributed by atoms with Crippen LogP contribution in [0.25, 0.3) is 44.9 Å². The van der Waals surface area contributed by atoms with Gasteiger partial charge < -0.3 is 29.3 Å². The normalized spacial score (nSPS) is 17.8. The minimum atomic E-state index is -1.18. The quantitative estimate of drug-likeness (QED) is 0.159. The van der Waals surface area contributed by atoms with E-state index >= 15 is 0 Å². The van der Waals surface area contributed by atoms with E-state index in [1.807, 2.05) is 52.0 Å². The molecule has 274 valence electrons. The largest absolute Gasteiger partial charge is 0.481 e. The monoisotopic (exact) mass is 718 g/mol. The first kappa shape index (κ1) is 36.7. The van der Waals surface area contributed by atoms with Crippen molar-refractivity contribution in [3.05, 3.63) is 93.6 Å². The van der Waals surface area contributed by atoms with Gasteiger partial charge in [0.2, 0.25) is 0 Å². The summed E-state index contributed by atoms with van der Waals surface area (Å²) in [5.74, 6) is -3.68. The molecule has 8 bridgehead atoms. The van der Waals surface area contributed by atoms with Gasteiger partial charge in [0, 0.05) is 40.5 Å². The highest BCUT2D eigenvalue weighted by Crippen LogP contribution is 2.52. The SMILES string of the molecule is C=Cc1c(C)c2cc3nc(cc4[nH]c(cc5nc(cc1[nH]2)C(C)=C5CCC(=O)OC)c(CCC(=O)O)c4C)[C@@]1(C)C3=CC=C(C(=O)OC)[C@H]1C(=O)OC. The van der Waals surface area contributed by atoms with Crippen molar-refractivity contribution in [3.8, 4) is 0 Å². The molecule has 5 heterocycles. The van der Waals surface area contributed by atoms with E-state index in [2.05, 4.69) is 16.5 Å². The number of aryl methyl sites for hydroxylation is 3. The summed E-state index contributed by atoms with van der Waals surface area (Å²) < 4.78 is 15.3. The molecule has 2 aliphatic heterocycles. The van der Waals surface area contributed by atoms with Crippen LogP contribution in [0.3, 0.4) is 0 Å². The third-order valence-electron chi connectivity index (χ3n) is 10.7. The van der Waals surface area contributed by atoms with Crippen LogP contribution in [0.4, 0.5) is 0 Å². The topological polar surface area (TPSA) is 174 Å². The van der Waals surface area contributed by atoms with Gasteiger partial charge >= 0.3 is 23.9 Å². The molecule has 0 unspecified atom stereocenters. The number of carbonyl (C=O) groups is 4. The van der Waals surface area contributed by atoms with Crippen molar-refractivity contribution in [1.82, 2.24) is 19.9 Å². The van der Waals surface area contributed by atoms with E-state index in [1.165, 1.54) is 21.3 Å². The van der Waals surface area contributed by atoms with Crippen molar-refractivity contribution in [2.24, 2.45) is 5.92 Å². The van der Waals surface area contributed by atoms with Crippen molar-refractivity contribution >= 4 is 68.7 Å². The zero-order chi connectivity index (χ0) is 38.4. The summed E-state index contributed by atoms with van der Waals surface area (Å²) in [6.45, 7) is 11.8. The highest BCUT2D eigenvalue weighted by molar-refractivity contribution is 6.02. The summed E-state index contributed by atoms with van der Waals surface area (Å²) in [5.41, 5.74) is 9.92. The van der Waals surface area contributed by atoms with Gasteiger partial charge in [-0.2, -0.15) is 0 Å². The Bertz CT molecular complexity index is 2370. The molecule has 0 saturated carbocycles. The number of rotatable bonds is 9. The lowest BCUT2D eigenvalue weighted by Gasteiger charge is -2.36. The fourth-order valence-corrected chi connectivity index (χ4v) is 7.68.